The molecule has 1 atom stereocenters. The van der Waals surface area contributed by atoms with Crippen molar-refractivity contribution in [2.45, 2.75) is 26.3 Å². The number of hydrogen-bond acceptors (Lipinski definition) is 4. The fraction of sp³-hybridized carbons (Fsp3) is 0.348. The van der Waals surface area contributed by atoms with Gasteiger partial charge in [-0.15, -0.1) is 0 Å². The summed E-state index contributed by atoms with van der Waals surface area (Å²) in [5, 5.41) is 3.56. The Labute approximate surface area is 175 Å². The lowest BCUT2D eigenvalue weighted by molar-refractivity contribution is -0.904. The number of nitrogens with one attached hydrogen (secondary N) is 3. The van der Waals surface area contributed by atoms with Gasteiger partial charge in [-0.1, -0.05) is 12.1 Å². The summed E-state index contributed by atoms with van der Waals surface area (Å²) in [7, 11) is 0. The highest BCUT2D eigenvalue weighted by atomic mass is 16.2. The van der Waals surface area contributed by atoms with E-state index in [1.807, 2.05) is 37.3 Å². The normalized spacial score (nSPS) is 14.8. The molecule has 1 aliphatic heterocycles. The summed E-state index contributed by atoms with van der Waals surface area (Å²) < 4.78 is 0. The van der Waals surface area contributed by atoms with Crippen molar-refractivity contribution in [3.63, 3.8) is 0 Å². The van der Waals surface area contributed by atoms with Gasteiger partial charge in [0.1, 0.15) is 6.54 Å². The van der Waals surface area contributed by atoms with Crippen LogP contribution in [0.4, 0.5) is 11.4 Å². The Morgan fingerprint density at radius 2 is 1.87 bits per heavy atom. The maximum Gasteiger partial charge on any atom is 0.279 e. The summed E-state index contributed by atoms with van der Waals surface area (Å²) in [4.78, 5) is 35.6. The lowest BCUT2D eigenvalue weighted by Gasteiger charge is -2.18. The number of aromatic amines is 1. The maximum atomic E-state index is 12.6. The van der Waals surface area contributed by atoms with Gasteiger partial charge in [0.05, 0.1) is 17.4 Å². The highest BCUT2D eigenvalue weighted by Gasteiger charge is 2.16. The Hall–Kier alpha value is -3.19. The molecule has 0 aliphatic carbocycles. The third-order valence-electron chi connectivity index (χ3n) is 5.61. The van der Waals surface area contributed by atoms with Gasteiger partial charge in [-0.05, 0) is 56.2 Å². The van der Waals surface area contributed by atoms with Gasteiger partial charge in [-0.3, -0.25) is 9.59 Å². The number of fused-ring (bicyclic) bond motifs is 1. The summed E-state index contributed by atoms with van der Waals surface area (Å²) in [6.07, 6.45) is 2.48. The largest absolute Gasteiger partial charge is 0.372 e. The van der Waals surface area contributed by atoms with Gasteiger partial charge in [0.2, 0.25) is 0 Å². The Kier molecular flexibility index (Phi) is 6.09. The van der Waals surface area contributed by atoms with E-state index >= 15 is 0 Å². The van der Waals surface area contributed by atoms with Gasteiger partial charge in [-0.2, -0.15) is 0 Å². The Morgan fingerprint density at radius 3 is 2.60 bits per heavy atom. The Bertz CT molecular complexity index is 1070. The molecule has 3 aromatic rings. The number of benzene rings is 2. The molecule has 1 saturated heterocycles. The molecule has 0 saturated carbocycles. The first kappa shape index (κ1) is 20.1. The van der Waals surface area contributed by atoms with Crippen LogP contribution in [-0.4, -0.2) is 42.1 Å². The van der Waals surface area contributed by atoms with Gasteiger partial charge in [0.15, 0.2) is 12.4 Å². The van der Waals surface area contributed by atoms with E-state index in [1.165, 1.54) is 18.5 Å². The van der Waals surface area contributed by atoms with Crippen LogP contribution in [0.2, 0.25) is 0 Å². The van der Waals surface area contributed by atoms with Crippen LogP contribution in [0.1, 0.15) is 25.6 Å². The average molecular weight is 407 g/mol. The van der Waals surface area contributed by atoms with Crippen molar-refractivity contribution >= 4 is 28.2 Å². The number of anilines is 2. The van der Waals surface area contributed by atoms with E-state index in [-0.39, 0.29) is 11.5 Å². The topological polar surface area (TPSA) is 82.5 Å². The molecule has 0 radical (unpaired) electrons. The molecule has 0 spiro atoms. The number of para-hydroxylation sites is 1. The molecule has 1 aromatic heterocycles. The second-order valence-electron chi connectivity index (χ2n) is 7.78. The molecule has 7 heteroatoms. The van der Waals surface area contributed by atoms with E-state index in [4.69, 9.17) is 0 Å². The van der Waals surface area contributed by atoms with Crippen LogP contribution < -0.4 is 20.7 Å². The van der Waals surface area contributed by atoms with Crippen LogP contribution in [0.25, 0.3) is 10.9 Å². The Balaban J connectivity index is 1.37. The summed E-state index contributed by atoms with van der Waals surface area (Å²) in [5.74, 6) is 0.544. The second kappa shape index (κ2) is 9.09. The first-order valence-corrected chi connectivity index (χ1v) is 10.6. The minimum absolute atomic E-state index is 0.0519. The zero-order valence-electron chi connectivity index (χ0n) is 17.3. The summed E-state index contributed by atoms with van der Waals surface area (Å²) in [6, 6.07) is 15.3. The van der Waals surface area contributed by atoms with Gasteiger partial charge < -0.3 is 20.1 Å². The van der Waals surface area contributed by atoms with Crippen molar-refractivity contribution in [3.05, 3.63) is 64.7 Å². The fourth-order valence-corrected chi connectivity index (χ4v) is 3.93. The van der Waals surface area contributed by atoms with E-state index in [0.29, 0.717) is 29.8 Å². The SMILES string of the molecule is CC[NH+](CC(=O)Nc1ccc(N2CCCC2)cc1)Cc1nc2ccccc2c(=O)[nH]1. The van der Waals surface area contributed by atoms with Crippen LogP contribution in [-0.2, 0) is 11.3 Å². The molecular formula is C23H28N5O2+. The van der Waals surface area contributed by atoms with Crippen LogP contribution in [0.15, 0.2) is 53.3 Å². The third kappa shape index (κ3) is 4.68. The van der Waals surface area contributed by atoms with E-state index in [2.05, 4.69) is 32.3 Å². The zero-order chi connectivity index (χ0) is 20.9. The number of carbonyl (C=O) groups is 1. The number of nitrogens with zero attached hydrogens (tertiary/aromatic N) is 2. The fourth-order valence-electron chi connectivity index (χ4n) is 3.93. The molecule has 30 heavy (non-hydrogen) atoms. The predicted octanol–water partition coefficient (Wildman–Crippen LogP) is 1.57. The molecule has 4 rings (SSSR count). The number of amides is 1. The highest BCUT2D eigenvalue weighted by molar-refractivity contribution is 5.91. The molecule has 1 unspecified atom stereocenters. The van der Waals surface area contributed by atoms with Gasteiger partial charge in [0, 0.05) is 24.5 Å². The quantitative estimate of drug-likeness (QED) is 0.556. The van der Waals surface area contributed by atoms with Gasteiger partial charge in [0.25, 0.3) is 11.5 Å². The minimum atomic E-state index is -0.145. The molecule has 7 nitrogen and oxygen atoms in total. The smallest absolute Gasteiger partial charge is 0.279 e. The van der Waals surface area contributed by atoms with Crippen molar-refractivity contribution in [1.82, 2.24) is 9.97 Å². The molecule has 2 aromatic carbocycles. The van der Waals surface area contributed by atoms with Crippen molar-refractivity contribution in [2.24, 2.45) is 0 Å². The van der Waals surface area contributed by atoms with Crippen LogP contribution >= 0.6 is 0 Å². The predicted molar refractivity (Wildman–Crippen MR) is 119 cm³/mol. The van der Waals surface area contributed by atoms with Crippen LogP contribution in [0.5, 0.6) is 0 Å². The minimum Gasteiger partial charge on any atom is -0.372 e. The van der Waals surface area contributed by atoms with Crippen molar-refractivity contribution < 1.29 is 9.69 Å². The first-order chi connectivity index (χ1) is 14.6. The number of hydrogen-bond donors (Lipinski definition) is 3. The van der Waals surface area contributed by atoms with E-state index in [1.54, 1.807) is 6.07 Å². The molecule has 2 heterocycles. The number of likely N-dealkylation sites (N-methyl/N-ethyl adjacent to an activating group) is 1. The van der Waals surface area contributed by atoms with Gasteiger partial charge in [-0.25, -0.2) is 4.98 Å². The van der Waals surface area contributed by atoms with E-state index in [9.17, 15) is 9.59 Å². The average Bonchev–Trinajstić information content (AvgIpc) is 3.29. The highest BCUT2D eigenvalue weighted by Crippen LogP contribution is 2.21. The van der Waals surface area contributed by atoms with E-state index in [0.717, 1.165) is 30.2 Å². The lowest BCUT2D eigenvalue weighted by atomic mass is 10.2. The summed E-state index contributed by atoms with van der Waals surface area (Å²) >= 11 is 0. The number of rotatable bonds is 7. The Morgan fingerprint density at radius 1 is 1.13 bits per heavy atom. The van der Waals surface area contributed by atoms with Crippen LogP contribution in [0.3, 0.4) is 0 Å². The third-order valence-corrected chi connectivity index (χ3v) is 5.61. The molecule has 0 bridgehead atoms. The second-order valence-corrected chi connectivity index (χ2v) is 7.78. The molecule has 1 aliphatic rings. The van der Waals surface area contributed by atoms with Gasteiger partial charge >= 0.3 is 0 Å². The monoisotopic (exact) mass is 406 g/mol. The molecule has 156 valence electrons. The standard InChI is InChI=1S/C23H27N5O2/c1-2-27(15-21-25-20-8-4-3-7-19(20)23(30)26-21)16-22(29)24-17-9-11-18(12-10-17)28-13-5-6-14-28/h3-4,7-12H,2,5-6,13-16H2,1H3,(H,24,29)(H,25,26,30)/p+1. The van der Waals surface area contributed by atoms with Crippen molar-refractivity contribution in [3.8, 4) is 0 Å². The number of carbonyl (C=O) groups excluding carboxylic acids is 1. The molecule has 1 amide bonds. The molecule has 1 fully saturated rings. The molecule has 3 N–H and O–H groups in total. The molecular weight excluding hydrogens is 378 g/mol. The van der Waals surface area contributed by atoms with E-state index < -0.39 is 0 Å². The number of H-pyrrole nitrogens is 1. The van der Waals surface area contributed by atoms with Crippen molar-refractivity contribution in [1.29, 1.82) is 0 Å². The maximum absolute atomic E-state index is 12.6. The lowest BCUT2D eigenvalue weighted by Crippen LogP contribution is -3.11. The summed E-state index contributed by atoms with van der Waals surface area (Å²) in [5.41, 5.74) is 2.54. The number of quaternary nitrogens is 1. The van der Waals surface area contributed by atoms with Crippen LogP contribution in [0, 0.1) is 0 Å². The zero-order valence-corrected chi connectivity index (χ0v) is 17.3. The summed E-state index contributed by atoms with van der Waals surface area (Å²) in [6.45, 7) is 5.76. The number of aromatic nitrogens is 2. The van der Waals surface area contributed by atoms with Crippen molar-refractivity contribution in [2.75, 3.05) is 36.4 Å². The first-order valence-electron chi connectivity index (χ1n) is 10.6.